The van der Waals surface area contributed by atoms with E-state index in [9.17, 15) is 0 Å². The van der Waals surface area contributed by atoms with Crippen molar-refractivity contribution in [2.45, 2.75) is 13.2 Å². The van der Waals surface area contributed by atoms with Gasteiger partial charge in [0, 0.05) is 5.56 Å². The second-order valence-corrected chi connectivity index (χ2v) is 3.80. The van der Waals surface area contributed by atoms with Crippen molar-refractivity contribution < 1.29 is 9.47 Å². The van der Waals surface area contributed by atoms with Gasteiger partial charge < -0.3 is 9.47 Å². The van der Waals surface area contributed by atoms with Crippen molar-refractivity contribution in [3.05, 3.63) is 36.7 Å². The topological polar surface area (TPSA) is 70.3 Å². The fourth-order valence-corrected chi connectivity index (χ4v) is 1.50. The predicted octanol–water partition coefficient (Wildman–Crippen LogP) is 1.84. The van der Waals surface area contributed by atoms with Crippen LogP contribution in [-0.4, -0.2) is 23.3 Å². The average molecular weight is 245 g/mol. The molecule has 0 radical (unpaired) electrons. The molecule has 5 nitrogen and oxygen atoms in total. The van der Waals surface area contributed by atoms with Crippen LogP contribution in [0.2, 0.25) is 0 Å². The Hall–Kier alpha value is -2.14. The monoisotopic (exact) mass is 245 g/mol. The Morgan fingerprint density at radius 1 is 1.17 bits per heavy atom. The summed E-state index contributed by atoms with van der Waals surface area (Å²) < 4.78 is 10.4. The summed E-state index contributed by atoms with van der Waals surface area (Å²) in [7, 11) is 1.62. The summed E-state index contributed by atoms with van der Waals surface area (Å²) in [5, 5.41) is 0. The van der Waals surface area contributed by atoms with Crippen molar-refractivity contribution in [3.63, 3.8) is 0 Å². The van der Waals surface area contributed by atoms with E-state index in [-0.39, 0.29) is 6.23 Å². The number of nitrogens with zero attached hydrogens (tertiary/aromatic N) is 2. The van der Waals surface area contributed by atoms with Crippen molar-refractivity contribution in [2.24, 2.45) is 5.73 Å². The number of ether oxygens (including phenoxy) is 2. The molecule has 0 fully saturated rings. The SMILES string of the molecule is COc1cccc(-c2ncc(OC(C)N)cn2)c1. The molecule has 0 saturated heterocycles. The Kier molecular flexibility index (Phi) is 3.74. The Balaban J connectivity index is 2.22. The number of nitrogens with two attached hydrogens (primary N) is 1. The van der Waals surface area contributed by atoms with Gasteiger partial charge in [-0.1, -0.05) is 12.1 Å². The van der Waals surface area contributed by atoms with Crippen molar-refractivity contribution in [1.82, 2.24) is 9.97 Å². The van der Waals surface area contributed by atoms with E-state index < -0.39 is 0 Å². The highest BCUT2D eigenvalue weighted by Crippen LogP contribution is 2.21. The summed E-state index contributed by atoms with van der Waals surface area (Å²) in [6.45, 7) is 1.75. The number of hydrogen-bond donors (Lipinski definition) is 1. The first-order chi connectivity index (χ1) is 8.69. The summed E-state index contributed by atoms with van der Waals surface area (Å²) in [6, 6.07) is 7.56. The molecule has 2 rings (SSSR count). The second kappa shape index (κ2) is 5.46. The first-order valence-corrected chi connectivity index (χ1v) is 5.58. The maximum atomic E-state index is 5.52. The van der Waals surface area contributed by atoms with E-state index in [1.807, 2.05) is 24.3 Å². The third-order valence-corrected chi connectivity index (χ3v) is 2.28. The Morgan fingerprint density at radius 2 is 1.89 bits per heavy atom. The molecular formula is C13H15N3O2. The van der Waals surface area contributed by atoms with Crippen LogP contribution in [0.4, 0.5) is 0 Å². The summed E-state index contributed by atoms with van der Waals surface area (Å²) in [4.78, 5) is 8.46. The first kappa shape index (κ1) is 12.3. The van der Waals surface area contributed by atoms with Gasteiger partial charge in [0.2, 0.25) is 0 Å². The van der Waals surface area contributed by atoms with E-state index in [1.54, 1.807) is 26.4 Å². The van der Waals surface area contributed by atoms with Gasteiger partial charge >= 0.3 is 0 Å². The molecule has 0 aliphatic carbocycles. The molecule has 2 N–H and O–H groups in total. The highest BCUT2D eigenvalue weighted by Gasteiger charge is 2.04. The van der Waals surface area contributed by atoms with E-state index in [1.165, 1.54) is 0 Å². The lowest BCUT2D eigenvalue weighted by atomic mass is 10.2. The van der Waals surface area contributed by atoms with Crippen LogP contribution in [0.25, 0.3) is 11.4 Å². The highest BCUT2D eigenvalue weighted by molar-refractivity contribution is 5.57. The quantitative estimate of drug-likeness (QED) is 0.832. The number of benzene rings is 1. The van der Waals surface area contributed by atoms with E-state index in [4.69, 9.17) is 15.2 Å². The molecule has 0 aliphatic heterocycles. The summed E-state index contributed by atoms with van der Waals surface area (Å²) in [5.41, 5.74) is 6.41. The lowest BCUT2D eigenvalue weighted by Gasteiger charge is -2.09. The summed E-state index contributed by atoms with van der Waals surface area (Å²) in [5.74, 6) is 1.94. The number of methoxy groups -OCH3 is 1. The van der Waals surface area contributed by atoms with Gasteiger partial charge in [-0.15, -0.1) is 0 Å². The largest absolute Gasteiger partial charge is 0.497 e. The van der Waals surface area contributed by atoms with Crippen LogP contribution >= 0.6 is 0 Å². The third kappa shape index (κ3) is 2.95. The molecule has 2 aromatic rings. The predicted molar refractivity (Wildman–Crippen MR) is 68.3 cm³/mol. The van der Waals surface area contributed by atoms with Crippen LogP contribution in [-0.2, 0) is 0 Å². The average Bonchev–Trinajstić information content (AvgIpc) is 2.39. The van der Waals surface area contributed by atoms with E-state index >= 15 is 0 Å². The smallest absolute Gasteiger partial charge is 0.159 e. The van der Waals surface area contributed by atoms with Crippen molar-refractivity contribution in [1.29, 1.82) is 0 Å². The van der Waals surface area contributed by atoms with Crippen LogP contribution in [0.1, 0.15) is 6.92 Å². The molecule has 1 aromatic carbocycles. The van der Waals surface area contributed by atoms with Crippen LogP contribution < -0.4 is 15.2 Å². The minimum atomic E-state index is -0.378. The van der Waals surface area contributed by atoms with Crippen molar-refractivity contribution in [3.8, 4) is 22.9 Å². The van der Waals surface area contributed by atoms with Gasteiger partial charge in [-0.2, -0.15) is 0 Å². The van der Waals surface area contributed by atoms with Gasteiger partial charge in [0.1, 0.15) is 12.0 Å². The third-order valence-electron chi connectivity index (χ3n) is 2.28. The van der Waals surface area contributed by atoms with Crippen LogP contribution in [0.5, 0.6) is 11.5 Å². The minimum absolute atomic E-state index is 0.378. The van der Waals surface area contributed by atoms with E-state index in [0.717, 1.165) is 11.3 Å². The Bertz CT molecular complexity index is 512. The zero-order valence-corrected chi connectivity index (χ0v) is 10.3. The Labute approximate surface area is 106 Å². The van der Waals surface area contributed by atoms with Gasteiger partial charge in [0.05, 0.1) is 19.5 Å². The summed E-state index contributed by atoms with van der Waals surface area (Å²) >= 11 is 0. The van der Waals surface area contributed by atoms with Gasteiger partial charge in [0.15, 0.2) is 11.6 Å². The first-order valence-electron chi connectivity index (χ1n) is 5.58. The normalized spacial score (nSPS) is 11.9. The number of hydrogen-bond acceptors (Lipinski definition) is 5. The van der Waals surface area contributed by atoms with Crippen molar-refractivity contribution >= 4 is 0 Å². The van der Waals surface area contributed by atoms with Crippen LogP contribution in [0.15, 0.2) is 36.7 Å². The molecule has 0 spiro atoms. The fourth-order valence-electron chi connectivity index (χ4n) is 1.50. The molecule has 94 valence electrons. The molecule has 5 heteroatoms. The molecule has 1 aromatic heterocycles. The van der Waals surface area contributed by atoms with Crippen LogP contribution in [0.3, 0.4) is 0 Å². The molecular weight excluding hydrogens is 230 g/mol. The zero-order valence-electron chi connectivity index (χ0n) is 10.3. The molecule has 0 bridgehead atoms. The summed E-state index contributed by atoms with van der Waals surface area (Å²) in [6.07, 6.45) is 2.83. The van der Waals surface area contributed by atoms with E-state index in [0.29, 0.717) is 11.6 Å². The van der Waals surface area contributed by atoms with Gasteiger partial charge in [-0.3, -0.25) is 5.73 Å². The maximum Gasteiger partial charge on any atom is 0.159 e. The van der Waals surface area contributed by atoms with Gasteiger partial charge in [-0.05, 0) is 19.1 Å². The molecule has 0 amide bonds. The van der Waals surface area contributed by atoms with E-state index in [2.05, 4.69) is 9.97 Å². The maximum absolute atomic E-state index is 5.52. The standard InChI is InChI=1S/C13H15N3O2/c1-9(14)18-12-7-15-13(16-8-12)10-4-3-5-11(6-10)17-2/h3-9H,14H2,1-2H3. The molecule has 1 heterocycles. The fraction of sp³-hybridized carbons (Fsp3) is 0.231. The molecule has 0 aliphatic rings. The lowest BCUT2D eigenvalue weighted by molar-refractivity contribution is 0.228. The second-order valence-electron chi connectivity index (χ2n) is 3.80. The zero-order chi connectivity index (χ0) is 13.0. The number of aromatic nitrogens is 2. The molecule has 0 saturated carbocycles. The number of rotatable bonds is 4. The Morgan fingerprint density at radius 3 is 2.50 bits per heavy atom. The highest BCUT2D eigenvalue weighted by atomic mass is 16.5. The molecule has 1 unspecified atom stereocenters. The van der Waals surface area contributed by atoms with Crippen molar-refractivity contribution in [2.75, 3.05) is 7.11 Å². The van der Waals surface area contributed by atoms with Gasteiger partial charge in [0.25, 0.3) is 0 Å². The van der Waals surface area contributed by atoms with Crippen LogP contribution in [0, 0.1) is 0 Å². The van der Waals surface area contributed by atoms with Gasteiger partial charge in [-0.25, -0.2) is 9.97 Å². The molecule has 18 heavy (non-hydrogen) atoms. The minimum Gasteiger partial charge on any atom is -0.497 e. The molecule has 1 atom stereocenters. The lowest BCUT2D eigenvalue weighted by Crippen LogP contribution is -2.22.